The molecule has 124 valence electrons. The van der Waals surface area contributed by atoms with Gasteiger partial charge in [-0.1, -0.05) is 23.7 Å². The molecule has 0 aliphatic heterocycles. The van der Waals surface area contributed by atoms with Crippen LogP contribution in [0.15, 0.2) is 42.5 Å². The number of nitrogens with one attached hydrogen (secondary N) is 1. The zero-order valence-electron chi connectivity index (χ0n) is 12.4. The van der Waals surface area contributed by atoms with E-state index < -0.39 is 21.7 Å². The second kappa shape index (κ2) is 7.05. The van der Waals surface area contributed by atoms with Crippen molar-refractivity contribution in [3.05, 3.63) is 73.3 Å². The van der Waals surface area contributed by atoms with Crippen molar-refractivity contribution in [1.82, 2.24) is 0 Å². The van der Waals surface area contributed by atoms with E-state index in [1.807, 2.05) is 0 Å². The SMILES string of the molecule is C[C@@H](C(=O)Nc1cc([N+](=O)[O-])ccc1Cl)c1ccc([N+](=O)[O-])cc1. The Bertz CT molecular complexity index is 807. The van der Waals surface area contributed by atoms with Crippen LogP contribution in [0.2, 0.25) is 5.02 Å². The van der Waals surface area contributed by atoms with Crippen molar-refractivity contribution < 1.29 is 14.6 Å². The average molecular weight is 350 g/mol. The van der Waals surface area contributed by atoms with Gasteiger partial charge in [-0.2, -0.15) is 0 Å². The number of anilines is 1. The molecule has 0 bridgehead atoms. The Balaban J connectivity index is 2.18. The van der Waals surface area contributed by atoms with Gasteiger partial charge in [-0.05, 0) is 18.6 Å². The van der Waals surface area contributed by atoms with E-state index in [1.165, 1.54) is 42.5 Å². The van der Waals surface area contributed by atoms with Gasteiger partial charge in [0.05, 0.1) is 26.5 Å². The highest BCUT2D eigenvalue weighted by Gasteiger charge is 2.19. The number of benzene rings is 2. The predicted octanol–water partition coefficient (Wildman–Crippen LogP) is 3.90. The first-order chi connectivity index (χ1) is 11.3. The van der Waals surface area contributed by atoms with Gasteiger partial charge in [0.15, 0.2) is 0 Å². The summed E-state index contributed by atoms with van der Waals surface area (Å²) in [6, 6.07) is 9.31. The van der Waals surface area contributed by atoms with Crippen molar-refractivity contribution in [2.75, 3.05) is 5.32 Å². The number of amides is 1. The lowest BCUT2D eigenvalue weighted by molar-refractivity contribution is -0.385. The lowest BCUT2D eigenvalue weighted by Crippen LogP contribution is -2.19. The van der Waals surface area contributed by atoms with Gasteiger partial charge in [0.1, 0.15) is 0 Å². The maximum absolute atomic E-state index is 12.3. The Kier molecular flexibility index (Phi) is 5.10. The molecule has 2 aromatic carbocycles. The molecule has 0 fully saturated rings. The third-order valence-corrected chi connectivity index (χ3v) is 3.75. The minimum atomic E-state index is -0.624. The van der Waals surface area contributed by atoms with Crippen LogP contribution in [0.5, 0.6) is 0 Å². The summed E-state index contributed by atoms with van der Waals surface area (Å²) < 4.78 is 0. The second-order valence-electron chi connectivity index (χ2n) is 4.98. The van der Waals surface area contributed by atoms with E-state index in [0.717, 1.165) is 0 Å². The fraction of sp³-hybridized carbons (Fsp3) is 0.133. The number of carbonyl (C=O) groups excluding carboxylic acids is 1. The molecular weight excluding hydrogens is 338 g/mol. The molecule has 9 heteroatoms. The zero-order chi connectivity index (χ0) is 17.9. The van der Waals surface area contributed by atoms with Gasteiger partial charge in [-0.3, -0.25) is 25.0 Å². The van der Waals surface area contributed by atoms with Gasteiger partial charge in [0.2, 0.25) is 5.91 Å². The third-order valence-electron chi connectivity index (χ3n) is 3.42. The summed E-state index contributed by atoms with van der Waals surface area (Å²) in [5.41, 5.74) is 0.426. The quantitative estimate of drug-likeness (QED) is 0.649. The molecule has 1 amide bonds. The number of carbonyl (C=O) groups is 1. The summed E-state index contributed by atoms with van der Waals surface area (Å²) in [6.07, 6.45) is 0. The van der Waals surface area contributed by atoms with Gasteiger partial charge in [-0.15, -0.1) is 0 Å². The fourth-order valence-electron chi connectivity index (χ4n) is 2.00. The molecule has 0 aliphatic rings. The van der Waals surface area contributed by atoms with Crippen molar-refractivity contribution in [2.24, 2.45) is 0 Å². The van der Waals surface area contributed by atoms with Crippen molar-refractivity contribution in [2.45, 2.75) is 12.8 Å². The summed E-state index contributed by atoms with van der Waals surface area (Å²) in [6.45, 7) is 1.61. The number of rotatable bonds is 5. The minimum Gasteiger partial charge on any atom is -0.324 e. The van der Waals surface area contributed by atoms with Crippen LogP contribution >= 0.6 is 11.6 Å². The van der Waals surface area contributed by atoms with Gasteiger partial charge in [0, 0.05) is 24.3 Å². The number of nitro benzene ring substituents is 2. The summed E-state index contributed by atoms with van der Waals surface area (Å²) >= 11 is 5.94. The molecule has 0 saturated carbocycles. The first-order valence-corrected chi connectivity index (χ1v) is 7.16. The van der Waals surface area contributed by atoms with Crippen LogP contribution in [0.25, 0.3) is 0 Å². The first-order valence-electron chi connectivity index (χ1n) is 6.78. The summed E-state index contributed by atoms with van der Waals surface area (Å²) in [4.78, 5) is 32.6. The topological polar surface area (TPSA) is 115 Å². The number of nitrogens with zero attached hydrogens (tertiary/aromatic N) is 2. The molecule has 0 spiro atoms. The molecule has 0 radical (unpaired) electrons. The van der Waals surface area contributed by atoms with Crippen molar-refractivity contribution in [3.63, 3.8) is 0 Å². The number of nitro groups is 2. The molecule has 1 N–H and O–H groups in total. The number of hydrogen-bond donors (Lipinski definition) is 1. The molecule has 0 aromatic heterocycles. The van der Waals surface area contributed by atoms with Crippen LogP contribution in [0, 0.1) is 20.2 Å². The Hall–Kier alpha value is -3.00. The van der Waals surface area contributed by atoms with Crippen LogP contribution in [0.1, 0.15) is 18.4 Å². The van der Waals surface area contributed by atoms with E-state index in [-0.39, 0.29) is 22.1 Å². The molecule has 24 heavy (non-hydrogen) atoms. The Labute approximate surface area is 141 Å². The van der Waals surface area contributed by atoms with E-state index in [4.69, 9.17) is 11.6 Å². The van der Waals surface area contributed by atoms with Crippen LogP contribution in [-0.4, -0.2) is 15.8 Å². The number of non-ortho nitro benzene ring substituents is 2. The lowest BCUT2D eigenvalue weighted by Gasteiger charge is -2.13. The van der Waals surface area contributed by atoms with E-state index >= 15 is 0 Å². The van der Waals surface area contributed by atoms with Crippen molar-refractivity contribution in [3.8, 4) is 0 Å². The highest BCUT2D eigenvalue weighted by atomic mass is 35.5. The van der Waals surface area contributed by atoms with Crippen LogP contribution in [0.4, 0.5) is 17.1 Å². The summed E-state index contributed by atoms with van der Waals surface area (Å²) in [5.74, 6) is -1.06. The predicted molar refractivity (Wildman–Crippen MR) is 88.2 cm³/mol. The summed E-state index contributed by atoms with van der Waals surface area (Å²) in [5, 5.41) is 24.1. The minimum absolute atomic E-state index is 0.0758. The highest BCUT2D eigenvalue weighted by Crippen LogP contribution is 2.28. The van der Waals surface area contributed by atoms with E-state index in [0.29, 0.717) is 5.56 Å². The highest BCUT2D eigenvalue weighted by molar-refractivity contribution is 6.33. The molecule has 0 aliphatic carbocycles. The molecule has 0 heterocycles. The molecular formula is C15H12ClN3O5. The Morgan fingerprint density at radius 1 is 1.04 bits per heavy atom. The molecule has 0 saturated heterocycles. The average Bonchev–Trinajstić information content (AvgIpc) is 2.55. The van der Waals surface area contributed by atoms with Crippen molar-refractivity contribution in [1.29, 1.82) is 0 Å². The smallest absolute Gasteiger partial charge is 0.271 e. The van der Waals surface area contributed by atoms with Gasteiger partial charge >= 0.3 is 0 Å². The van der Waals surface area contributed by atoms with Gasteiger partial charge < -0.3 is 5.32 Å². The maximum Gasteiger partial charge on any atom is 0.271 e. The van der Waals surface area contributed by atoms with Crippen LogP contribution in [-0.2, 0) is 4.79 Å². The summed E-state index contributed by atoms with van der Waals surface area (Å²) in [7, 11) is 0. The van der Waals surface area contributed by atoms with Gasteiger partial charge in [-0.25, -0.2) is 0 Å². The third kappa shape index (κ3) is 3.85. The normalized spacial score (nSPS) is 11.6. The Morgan fingerprint density at radius 2 is 1.58 bits per heavy atom. The van der Waals surface area contributed by atoms with E-state index in [1.54, 1.807) is 6.92 Å². The zero-order valence-corrected chi connectivity index (χ0v) is 13.2. The molecule has 1 atom stereocenters. The molecule has 0 unspecified atom stereocenters. The fourth-order valence-corrected chi connectivity index (χ4v) is 2.16. The van der Waals surface area contributed by atoms with E-state index in [2.05, 4.69) is 5.32 Å². The number of halogens is 1. The molecule has 2 aromatic rings. The second-order valence-corrected chi connectivity index (χ2v) is 5.39. The van der Waals surface area contributed by atoms with Gasteiger partial charge in [0.25, 0.3) is 11.4 Å². The van der Waals surface area contributed by atoms with Crippen LogP contribution < -0.4 is 5.32 Å². The maximum atomic E-state index is 12.3. The Morgan fingerprint density at radius 3 is 2.12 bits per heavy atom. The monoisotopic (exact) mass is 349 g/mol. The van der Waals surface area contributed by atoms with Crippen molar-refractivity contribution >= 4 is 34.6 Å². The molecule has 8 nitrogen and oxygen atoms in total. The lowest BCUT2D eigenvalue weighted by atomic mass is 10.00. The van der Waals surface area contributed by atoms with E-state index in [9.17, 15) is 25.0 Å². The standard InChI is InChI=1S/C15H12ClN3O5/c1-9(10-2-4-11(5-3-10)18(21)22)15(20)17-14-8-12(19(23)24)6-7-13(14)16/h2-9H,1H3,(H,17,20)/t9-/m1/s1. The first kappa shape index (κ1) is 17.4. The number of hydrogen-bond acceptors (Lipinski definition) is 5. The largest absolute Gasteiger partial charge is 0.324 e. The van der Waals surface area contributed by atoms with Crippen LogP contribution in [0.3, 0.4) is 0 Å². The molecule has 2 rings (SSSR count).